The van der Waals surface area contributed by atoms with Gasteiger partial charge in [0.1, 0.15) is 18.1 Å². The van der Waals surface area contributed by atoms with Gasteiger partial charge in [-0.25, -0.2) is 0 Å². The number of amides is 1. The van der Waals surface area contributed by atoms with E-state index in [1.54, 1.807) is 25.3 Å². The fraction of sp³-hybridized carbons (Fsp3) is 0.391. The Morgan fingerprint density at radius 1 is 1.03 bits per heavy atom. The maximum absolute atomic E-state index is 12.5. The van der Waals surface area contributed by atoms with E-state index in [4.69, 9.17) is 26.4 Å². The quantitative estimate of drug-likeness (QED) is 0.289. The smallest absolute Gasteiger partial charge is 0.257 e. The lowest BCUT2D eigenvalue weighted by Crippen LogP contribution is -2.34. The van der Waals surface area contributed by atoms with Crippen LogP contribution in [0.5, 0.6) is 11.5 Å². The molecule has 0 spiro atoms. The Balaban J connectivity index is 1.86. The van der Waals surface area contributed by atoms with E-state index in [0.29, 0.717) is 35.6 Å². The average molecular weight is 509 g/mol. The van der Waals surface area contributed by atoms with Gasteiger partial charge >= 0.3 is 0 Å². The highest BCUT2D eigenvalue weighted by Crippen LogP contribution is 2.26. The van der Waals surface area contributed by atoms with Crippen LogP contribution >= 0.6 is 28.1 Å². The highest BCUT2D eigenvalue weighted by Gasteiger charge is 2.11. The summed E-state index contributed by atoms with van der Waals surface area (Å²) < 4.78 is 17.0. The third-order valence-electron chi connectivity index (χ3n) is 4.32. The van der Waals surface area contributed by atoms with Gasteiger partial charge in [-0.1, -0.05) is 32.3 Å². The summed E-state index contributed by atoms with van der Waals surface area (Å²) in [4.78, 5) is 12.5. The first kappa shape index (κ1) is 25.1. The topological polar surface area (TPSA) is 68.8 Å². The molecule has 0 atom stereocenters. The summed E-state index contributed by atoms with van der Waals surface area (Å²) in [7, 11) is 1.61. The van der Waals surface area contributed by atoms with Crippen molar-refractivity contribution in [1.29, 1.82) is 0 Å². The van der Waals surface area contributed by atoms with Crippen molar-refractivity contribution in [1.82, 2.24) is 5.32 Å². The predicted octanol–water partition coefficient (Wildman–Crippen LogP) is 5.56. The molecule has 2 rings (SSSR count). The van der Waals surface area contributed by atoms with E-state index >= 15 is 0 Å². The molecular weight excluding hydrogens is 480 g/mol. The summed E-state index contributed by atoms with van der Waals surface area (Å²) in [6.45, 7) is 3.78. The summed E-state index contributed by atoms with van der Waals surface area (Å²) in [5, 5.41) is 5.92. The second kappa shape index (κ2) is 14.0. The number of carbonyl (C=O) groups is 1. The number of ether oxygens (including phenoxy) is 3. The molecule has 6 nitrogen and oxygen atoms in total. The Morgan fingerprint density at radius 2 is 1.87 bits per heavy atom. The van der Waals surface area contributed by atoms with Gasteiger partial charge in [0, 0.05) is 24.4 Å². The molecule has 0 radical (unpaired) electrons. The van der Waals surface area contributed by atoms with Crippen molar-refractivity contribution < 1.29 is 19.0 Å². The van der Waals surface area contributed by atoms with Crippen LogP contribution in [0.3, 0.4) is 0 Å². The molecule has 0 aliphatic heterocycles. The minimum atomic E-state index is -0.315. The Morgan fingerprint density at radius 3 is 2.61 bits per heavy atom. The van der Waals surface area contributed by atoms with Crippen molar-refractivity contribution in [3.8, 4) is 11.5 Å². The Bertz CT molecular complexity index is 863. The number of benzene rings is 2. The van der Waals surface area contributed by atoms with Crippen LogP contribution in [-0.4, -0.2) is 38.0 Å². The Labute approximate surface area is 197 Å². The van der Waals surface area contributed by atoms with E-state index in [2.05, 4.69) is 33.5 Å². The summed E-state index contributed by atoms with van der Waals surface area (Å²) in [5.74, 6) is 1.09. The Kier molecular flexibility index (Phi) is 11.3. The Hall–Kier alpha value is -2.16. The standard InChI is InChI=1S/C23H29BrN2O4S/c1-3-4-5-6-12-29-19-9-7-8-18(16-19)25-23(31)26-22(27)17-10-11-21(20(24)15-17)30-14-13-28-2/h7-11,15-16H,3-6,12-14H2,1-2H3,(H2,25,26,27,31). The van der Waals surface area contributed by atoms with Crippen LogP contribution in [0.4, 0.5) is 5.69 Å². The number of carbonyl (C=O) groups excluding carboxylic acids is 1. The number of unbranched alkanes of at least 4 members (excludes halogenated alkanes) is 3. The van der Waals surface area contributed by atoms with Crippen LogP contribution in [0.2, 0.25) is 0 Å². The van der Waals surface area contributed by atoms with Crippen LogP contribution in [0.1, 0.15) is 43.0 Å². The lowest BCUT2D eigenvalue weighted by molar-refractivity contribution is 0.0977. The molecule has 0 saturated carbocycles. The number of anilines is 1. The molecule has 0 fully saturated rings. The largest absolute Gasteiger partial charge is 0.494 e. The van der Waals surface area contributed by atoms with Crippen molar-refractivity contribution in [2.24, 2.45) is 0 Å². The van der Waals surface area contributed by atoms with E-state index in [0.717, 1.165) is 17.9 Å². The highest BCUT2D eigenvalue weighted by molar-refractivity contribution is 9.10. The third-order valence-corrected chi connectivity index (χ3v) is 5.15. The van der Waals surface area contributed by atoms with Crippen molar-refractivity contribution >= 4 is 44.9 Å². The fourth-order valence-electron chi connectivity index (χ4n) is 2.71. The molecule has 31 heavy (non-hydrogen) atoms. The predicted molar refractivity (Wildman–Crippen MR) is 131 cm³/mol. The van der Waals surface area contributed by atoms with Crippen molar-refractivity contribution in [3.05, 3.63) is 52.5 Å². The first-order valence-corrected chi connectivity index (χ1v) is 11.5. The number of halogens is 1. The lowest BCUT2D eigenvalue weighted by atomic mass is 10.2. The van der Waals surface area contributed by atoms with Crippen LogP contribution in [-0.2, 0) is 4.74 Å². The van der Waals surface area contributed by atoms with E-state index in [-0.39, 0.29) is 11.0 Å². The molecule has 0 bridgehead atoms. The van der Waals surface area contributed by atoms with Crippen LogP contribution < -0.4 is 20.1 Å². The zero-order valence-electron chi connectivity index (χ0n) is 17.9. The van der Waals surface area contributed by atoms with Crippen LogP contribution in [0, 0.1) is 0 Å². The van der Waals surface area contributed by atoms with Gasteiger partial charge in [-0.15, -0.1) is 0 Å². The first-order chi connectivity index (χ1) is 15.0. The molecule has 2 aromatic carbocycles. The molecule has 8 heteroatoms. The number of nitrogens with one attached hydrogen (secondary N) is 2. The molecule has 1 amide bonds. The molecule has 0 aliphatic carbocycles. The average Bonchev–Trinajstić information content (AvgIpc) is 2.75. The summed E-state index contributed by atoms with van der Waals surface area (Å²) in [5.41, 5.74) is 1.21. The molecule has 168 valence electrons. The van der Waals surface area contributed by atoms with Crippen LogP contribution in [0.25, 0.3) is 0 Å². The third kappa shape index (κ3) is 9.25. The normalized spacial score (nSPS) is 10.4. The summed E-state index contributed by atoms with van der Waals surface area (Å²) in [6.07, 6.45) is 4.62. The van der Waals surface area contributed by atoms with Crippen molar-refractivity contribution in [2.75, 3.05) is 32.2 Å². The number of rotatable bonds is 12. The van der Waals surface area contributed by atoms with Crippen molar-refractivity contribution in [2.45, 2.75) is 32.6 Å². The van der Waals surface area contributed by atoms with Crippen LogP contribution in [0.15, 0.2) is 46.9 Å². The number of thiocarbonyl (C=S) groups is 1. The number of hydrogen-bond acceptors (Lipinski definition) is 5. The summed E-state index contributed by atoms with van der Waals surface area (Å²) in [6, 6.07) is 12.6. The van der Waals surface area contributed by atoms with Crippen molar-refractivity contribution in [3.63, 3.8) is 0 Å². The van der Waals surface area contributed by atoms with Gasteiger partial charge in [0.05, 0.1) is 17.7 Å². The highest BCUT2D eigenvalue weighted by atomic mass is 79.9. The van der Waals surface area contributed by atoms with Gasteiger partial charge in [0.15, 0.2) is 5.11 Å². The molecule has 0 saturated heterocycles. The van der Waals surface area contributed by atoms with Gasteiger partial charge in [-0.3, -0.25) is 10.1 Å². The number of hydrogen-bond donors (Lipinski definition) is 2. The van der Waals surface area contributed by atoms with Gasteiger partial charge in [0.2, 0.25) is 0 Å². The second-order valence-electron chi connectivity index (χ2n) is 6.83. The zero-order chi connectivity index (χ0) is 22.5. The van der Waals surface area contributed by atoms with Gasteiger partial charge < -0.3 is 19.5 Å². The first-order valence-electron chi connectivity index (χ1n) is 10.3. The minimum Gasteiger partial charge on any atom is -0.494 e. The molecule has 0 aromatic heterocycles. The fourth-order valence-corrected chi connectivity index (χ4v) is 3.42. The SMILES string of the molecule is CCCCCCOc1cccc(NC(=S)NC(=O)c2ccc(OCCOC)c(Br)c2)c1. The summed E-state index contributed by atoms with van der Waals surface area (Å²) >= 11 is 8.71. The monoisotopic (exact) mass is 508 g/mol. The molecule has 0 aliphatic rings. The number of methoxy groups -OCH3 is 1. The molecule has 0 heterocycles. The van der Waals surface area contributed by atoms with E-state index in [1.165, 1.54) is 19.3 Å². The molecular formula is C23H29BrN2O4S. The zero-order valence-corrected chi connectivity index (χ0v) is 20.3. The molecule has 2 aromatic rings. The molecule has 0 unspecified atom stereocenters. The maximum Gasteiger partial charge on any atom is 0.257 e. The van der Waals surface area contributed by atoms with Gasteiger partial charge in [-0.05, 0) is 64.9 Å². The molecule has 2 N–H and O–H groups in total. The maximum atomic E-state index is 12.5. The van der Waals surface area contributed by atoms with E-state index in [1.807, 2.05) is 24.3 Å². The van der Waals surface area contributed by atoms with Gasteiger partial charge in [0.25, 0.3) is 5.91 Å². The van der Waals surface area contributed by atoms with E-state index in [9.17, 15) is 4.79 Å². The second-order valence-corrected chi connectivity index (χ2v) is 8.09. The lowest BCUT2D eigenvalue weighted by Gasteiger charge is -2.12. The van der Waals surface area contributed by atoms with E-state index < -0.39 is 0 Å². The van der Waals surface area contributed by atoms with Gasteiger partial charge in [-0.2, -0.15) is 0 Å². The minimum absolute atomic E-state index is 0.210.